The lowest BCUT2D eigenvalue weighted by molar-refractivity contribution is 0.115. The normalized spacial score (nSPS) is 19.6. The summed E-state index contributed by atoms with van der Waals surface area (Å²) in [5.41, 5.74) is 1.12. The first-order chi connectivity index (χ1) is 14.5. The third-order valence-electron chi connectivity index (χ3n) is 5.62. The Kier molecular flexibility index (Phi) is 5.86. The van der Waals surface area contributed by atoms with Crippen LogP contribution in [-0.4, -0.2) is 58.3 Å². The molecular formula is C21H23FN4O4. The molecule has 30 heavy (non-hydrogen) atoms. The molecule has 1 atom stereocenters. The van der Waals surface area contributed by atoms with Gasteiger partial charge in [0, 0.05) is 37.7 Å². The number of nitriles is 1. The Morgan fingerprint density at radius 1 is 1.33 bits per heavy atom. The van der Waals surface area contributed by atoms with Crippen molar-refractivity contribution in [3.8, 4) is 23.2 Å². The van der Waals surface area contributed by atoms with Crippen LogP contribution < -0.4 is 4.74 Å². The van der Waals surface area contributed by atoms with Gasteiger partial charge in [0.15, 0.2) is 0 Å². The van der Waals surface area contributed by atoms with Gasteiger partial charge in [-0.05, 0) is 30.9 Å². The summed E-state index contributed by atoms with van der Waals surface area (Å²) in [4.78, 5) is 12.6. The number of hydrogen-bond donors (Lipinski definition) is 1. The van der Waals surface area contributed by atoms with Gasteiger partial charge in [-0.3, -0.25) is 0 Å². The molecule has 0 spiro atoms. The highest BCUT2D eigenvalue weighted by atomic mass is 19.1. The Morgan fingerprint density at radius 3 is 2.77 bits per heavy atom. The molecule has 0 saturated carbocycles. The van der Waals surface area contributed by atoms with E-state index in [4.69, 9.17) is 19.8 Å². The highest BCUT2D eigenvalue weighted by Gasteiger charge is 2.26. The first kappa shape index (κ1) is 20.2. The second-order valence-corrected chi connectivity index (χ2v) is 7.67. The molecule has 158 valence electrons. The number of carboxylic acid groups (broad SMARTS) is 1. The smallest absolute Gasteiger partial charge is 0.407 e. The van der Waals surface area contributed by atoms with Crippen LogP contribution in [0.2, 0.25) is 0 Å². The predicted octanol–water partition coefficient (Wildman–Crippen LogP) is 3.12. The summed E-state index contributed by atoms with van der Waals surface area (Å²) in [6, 6.07) is 8.02. The third-order valence-corrected chi connectivity index (χ3v) is 5.62. The van der Waals surface area contributed by atoms with Crippen LogP contribution >= 0.6 is 0 Å². The molecule has 0 radical (unpaired) electrons. The van der Waals surface area contributed by atoms with E-state index in [0.717, 1.165) is 19.3 Å². The average Bonchev–Trinajstić information content (AvgIpc) is 3.39. The fourth-order valence-electron chi connectivity index (χ4n) is 3.86. The molecule has 2 aliphatic rings. The summed E-state index contributed by atoms with van der Waals surface area (Å²) in [6.45, 7) is 2.77. The van der Waals surface area contributed by atoms with E-state index in [1.165, 1.54) is 17.0 Å². The number of benzene rings is 1. The molecular weight excluding hydrogens is 391 g/mol. The lowest BCUT2D eigenvalue weighted by atomic mass is 9.97. The first-order valence-electron chi connectivity index (χ1n) is 10.0. The van der Waals surface area contributed by atoms with Crippen molar-refractivity contribution in [2.24, 2.45) is 5.92 Å². The van der Waals surface area contributed by atoms with Gasteiger partial charge in [0.25, 0.3) is 0 Å². The maximum Gasteiger partial charge on any atom is 0.407 e. The number of likely N-dealkylation sites (tertiary alicyclic amines) is 1. The third kappa shape index (κ3) is 4.39. The van der Waals surface area contributed by atoms with E-state index in [2.05, 4.69) is 5.10 Å². The molecule has 2 fully saturated rings. The molecule has 2 aliphatic heterocycles. The van der Waals surface area contributed by atoms with Gasteiger partial charge in [-0.25, -0.2) is 13.9 Å². The van der Waals surface area contributed by atoms with Crippen molar-refractivity contribution in [1.82, 2.24) is 14.7 Å². The zero-order chi connectivity index (χ0) is 21.1. The molecule has 8 nitrogen and oxygen atoms in total. The van der Waals surface area contributed by atoms with E-state index >= 15 is 0 Å². The molecule has 1 amide bonds. The number of ether oxygens (including phenoxy) is 2. The van der Waals surface area contributed by atoms with Crippen molar-refractivity contribution in [2.45, 2.75) is 31.9 Å². The number of rotatable bonds is 5. The molecule has 1 aromatic heterocycles. The predicted molar refractivity (Wildman–Crippen MR) is 105 cm³/mol. The van der Waals surface area contributed by atoms with E-state index in [1.807, 2.05) is 6.07 Å². The second kappa shape index (κ2) is 8.71. The van der Waals surface area contributed by atoms with Crippen molar-refractivity contribution in [2.75, 3.05) is 26.3 Å². The summed E-state index contributed by atoms with van der Waals surface area (Å²) in [5, 5.41) is 22.7. The molecule has 4 rings (SSSR count). The van der Waals surface area contributed by atoms with Crippen molar-refractivity contribution in [3.63, 3.8) is 0 Å². The largest absolute Gasteiger partial charge is 0.472 e. The standard InChI is InChI=1S/C21H23FN4O4/c22-18-9-15(1-2-16(18)11-23)19-10-20(30-17-5-8-29-13-17)26(24-19)12-14-3-6-25(7-4-14)21(27)28/h1-2,9-10,14,17H,3-8,12-13H2,(H,27,28)/t17-/m0/s1. The van der Waals surface area contributed by atoms with Gasteiger partial charge in [-0.2, -0.15) is 10.4 Å². The number of piperidine rings is 1. The highest BCUT2D eigenvalue weighted by Crippen LogP contribution is 2.29. The Hall–Kier alpha value is -3.12. The van der Waals surface area contributed by atoms with Crippen LogP contribution in [0.4, 0.5) is 9.18 Å². The van der Waals surface area contributed by atoms with Crippen LogP contribution in [0, 0.1) is 23.1 Å². The van der Waals surface area contributed by atoms with Crippen LogP contribution in [0.1, 0.15) is 24.8 Å². The molecule has 0 aliphatic carbocycles. The van der Waals surface area contributed by atoms with E-state index in [1.54, 1.807) is 16.8 Å². The van der Waals surface area contributed by atoms with Crippen molar-refractivity contribution < 1.29 is 23.8 Å². The first-order valence-corrected chi connectivity index (χ1v) is 10.0. The number of hydrogen-bond acceptors (Lipinski definition) is 5. The van der Waals surface area contributed by atoms with E-state index in [9.17, 15) is 9.18 Å². The summed E-state index contributed by atoms with van der Waals surface area (Å²) in [7, 11) is 0. The fourth-order valence-corrected chi connectivity index (χ4v) is 3.86. The molecule has 0 unspecified atom stereocenters. The highest BCUT2D eigenvalue weighted by molar-refractivity contribution is 5.65. The Balaban J connectivity index is 1.55. The molecule has 9 heteroatoms. The summed E-state index contributed by atoms with van der Waals surface area (Å²) in [5.74, 6) is 0.274. The zero-order valence-corrected chi connectivity index (χ0v) is 16.5. The Bertz CT molecular complexity index is 956. The topological polar surface area (TPSA) is 101 Å². The number of amides is 1. The van der Waals surface area contributed by atoms with Gasteiger partial charge in [-0.1, -0.05) is 6.07 Å². The minimum atomic E-state index is -0.886. The molecule has 1 aromatic carbocycles. The lowest BCUT2D eigenvalue weighted by Gasteiger charge is -2.30. The number of halogens is 1. The average molecular weight is 414 g/mol. The summed E-state index contributed by atoms with van der Waals surface area (Å²) in [6.07, 6.45) is 1.35. The maximum absolute atomic E-state index is 14.1. The minimum absolute atomic E-state index is 0.0112. The van der Waals surface area contributed by atoms with Crippen molar-refractivity contribution >= 4 is 6.09 Å². The van der Waals surface area contributed by atoms with Crippen LogP contribution in [0.3, 0.4) is 0 Å². The minimum Gasteiger partial charge on any atom is -0.472 e. The monoisotopic (exact) mass is 414 g/mol. The lowest BCUT2D eigenvalue weighted by Crippen LogP contribution is -2.38. The van der Waals surface area contributed by atoms with Crippen LogP contribution in [0.5, 0.6) is 5.88 Å². The van der Waals surface area contributed by atoms with Gasteiger partial charge in [0.2, 0.25) is 5.88 Å². The number of nitrogens with zero attached hydrogens (tertiary/aromatic N) is 4. The SMILES string of the molecule is N#Cc1ccc(-c2cc(O[C@H]3CCOC3)n(CC3CCN(C(=O)O)CC3)n2)cc1F. The zero-order valence-electron chi connectivity index (χ0n) is 16.5. The molecule has 0 bridgehead atoms. The Labute approximate surface area is 173 Å². The number of carbonyl (C=O) groups is 1. The molecule has 1 N–H and O–H groups in total. The van der Waals surface area contributed by atoms with Gasteiger partial charge in [0.05, 0.1) is 24.5 Å². The Morgan fingerprint density at radius 2 is 2.13 bits per heavy atom. The summed E-state index contributed by atoms with van der Waals surface area (Å²) < 4.78 is 27.4. The fraction of sp³-hybridized carbons (Fsp3) is 0.476. The van der Waals surface area contributed by atoms with Crippen LogP contribution in [0.15, 0.2) is 24.3 Å². The van der Waals surface area contributed by atoms with E-state index in [0.29, 0.717) is 50.0 Å². The van der Waals surface area contributed by atoms with Gasteiger partial charge in [0.1, 0.15) is 18.0 Å². The maximum atomic E-state index is 14.1. The van der Waals surface area contributed by atoms with Gasteiger partial charge >= 0.3 is 6.09 Å². The van der Waals surface area contributed by atoms with Crippen molar-refractivity contribution in [1.29, 1.82) is 5.26 Å². The van der Waals surface area contributed by atoms with Crippen LogP contribution in [0.25, 0.3) is 11.3 Å². The quantitative estimate of drug-likeness (QED) is 0.807. The van der Waals surface area contributed by atoms with Crippen LogP contribution in [-0.2, 0) is 11.3 Å². The van der Waals surface area contributed by atoms with Gasteiger partial charge in [-0.15, -0.1) is 0 Å². The second-order valence-electron chi connectivity index (χ2n) is 7.67. The van der Waals surface area contributed by atoms with Crippen molar-refractivity contribution in [3.05, 3.63) is 35.6 Å². The molecule has 2 saturated heterocycles. The number of aromatic nitrogens is 2. The van der Waals surface area contributed by atoms with Gasteiger partial charge < -0.3 is 19.5 Å². The molecule has 3 heterocycles. The summed E-state index contributed by atoms with van der Waals surface area (Å²) >= 11 is 0. The van der Waals surface area contributed by atoms with E-state index < -0.39 is 11.9 Å². The van der Waals surface area contributed by atoms with E-state index in [-0.39, 0.29) is 17.6 Å². The molecule has 2 aromatic rings.